The quantitative estimate of drug-likeness (QED) is 0.775. The van der Waals surface area contributed by atoms with Crippen LogP contribution in [-0.4, -0.2) is 22.5 Å². The summed E-state index contributed by atoms with van der Waals surface area (Å²) in [6, 6.07) is 9.84. The third-order valence-corrected chi connectivity index (χ3v) is 4.90. The fourth-order valence-corrected chi connectivity index (χ4v) is 3.78. The van der Waals surface area contributed by atoms with Crippen LogP contribution in [0.15, 0.2) is 51.7 Å². The van der Waals surface area contributed by atoms with Crippen molar-refractivity contribution in [2.24, 2.45) is 4.99 Å². The average molecular weight is 332 g/mol. The first-order valence-electron chi connectivity index (χ1n) is 6.76. The fraction of sp³-hybridized carbons (Fsp3) is 0.125. The van der Waals surface area contributed by atoms with Crippen LogP contribution in [0.4, 0.5) is 10.1 Å². The molecule has 1 aliphatic rings. The number of hydrogen-bond donors (Lipinski definition) is 0. The summed E-state index contributed by atoms with van der Waals surface area (Å²) >= 11 is 2.93. The molecule has 1 fully saturated rings. The first-order chi connectivity index (χ1) is 10.7. The highest BCUT2D eigenvalue weighted by molar-refractivity contribution is 8.18. The zero-order valence-corrected chi connectivity index (χ0v) is 13.5. The maximum atomic E-state index is 13.0. The van der Waals surface area contributed by atoms with E-state index in [9.17, 15) is 9.18 Å². The molecular formula is C16H13FN2OS2. The molecule has 3 rings (SSSR count). The molecule has 1 aliphatic heterocycles. The number of thioether (sulfide) groups is 1. The van der Waals surface area contributed by atoms with Crippen LogP contribution in [0.25, 0.3) is 6.08 Å². The van der Waals surface area contributed by atoms with E-state index in [0.717, 1.165) is 4.88 Å². The molecule has 0 unspecified atom stereocenters. The predicted octanol–water partition coefficient (Wildman–Crippen LogP) is 4.51. The molecule has 0 N–H and O–H groups in total. The van der Waals surface area contributed by atoms with Crippen LogP contribution in [0.1, 0.15) is 11.8 Å². The third kappa shape index (κ3) is 3.13. The largest absolute Gasteiger partial charge is 0.287 e. The first kappa shape index (κ1) is 15.0. The Kier molecular flexibility index (Phi) is 4.40. The Labute approximate surface area is 136 Å². The van der Waals surface area contributed by atoms with E-state index in [1.165, 1.54) is 23.9 Å². The van der Waals surface area contributed by atoms with Gasteiger partial charge in [-0.3, -0.25) is 9.69 Å². The summed E-state index contributed by atoms with van der Waals surface area (Å²) in [7, 11) is 0. The summed E-state index contributed by atoms with van der Waals surface area (Å²) in [6.45, 7) is 2.46. The van der Waals surface area contributed by atoms with Crippen molar-refractivity contribution < 1.29 is 9.18 Å². The molecule has 0 radical (unpaired) electrons. The van der Waals surface area contributed by atoms with Crippen molar-refractivity contribution in [3.8, 4) is 0 Å². The van der Waals surface area contributed by atoms with Crippen molar-refractivity contribution in [2.75, 3.05) is 6.54 Å². The van der Waals surface area contributed by atoms with Crippen LogP contribution in [0.5, 0.6) is 0 Å². The lowest BCUT2D eigenvalue weighted by atomic mass is 10.3. The monoisotopic (exact) mass is 332 g/mol. The Morgan fingerprint density at radius 1 is 1.27 bits per heavy atom. The van der Waals surface area contributed by atoms with Crippen molar-refractivity contribution in [1.29, 1.82) is 0 Å². The minimum Gasteiger partial charge on any atom is -0.287 e. The molecule has 0 bridgehead atoms. The Morgan fingerprint density at radius 2 is 2.05 bits per heavy atom. The Morgan fingerprint density at radius 3 is 2.68 bits per heavy atom. The van der Waals surface area contributed by atoms with Gasteiger partial charge in [-0.25, -0.2) is 9.38 Å². The molecule has 1 aromatic carbocycles. The number of carbonyl (C=O) groups is 1. The SMILES string of the molecule is CCN1C(=O)/C(=C\c2cccs2)SC1=Nc1ccc(F)cc1. The Hall–Kier alpha value is -1.92. The smallest absolute Gasteiger partial charge is 0.266 e. The minimum atomic E-state index is -0.301. The van der Waals surface area contributed by atoms with Crippen LogP contribution in [0.3, 0.4) is 0 Å². The minimum absolute atomic E-state index is 0.0400. The highest BCUT2D eigenvalue weighted by Gasteiger charge is 2.32. The number of amidine groups is 1. The molecular weight excluding hydrogens is 319 g/mol. The van der Waals surface area contributed by atoms with Crippen LogP contribution in [-0.2, 0) is 4.79 Å². The average Bonchev–Trinajstić information content (AvgIpc) is 3.11. The predicted molar refractivity (Wildman–Crippen MR) is 90.8 cm³/mol. The standard InChI is InChI=1S/C16H13FN2OS2/c1-2-19-15(20)14(10-13-4-3-9-21-13)22-16(19)18-12-7-5-11(17)6-8-12/h3-10H,2H2,1H3/b14-10+,18-16?. The molecule has 0 spiro atoms. The number of hydrogen-bond acceptors (Lipinski definition) is 4. The van der Waals surface area contributed by atoms with Crippen LogP contribution in [0.2, 0.25) is 0 Å². The molecule has 2 aromatic rings. The number of amides is 1. The topological polar surface area (TPSA) is 32.7 Å². The maximum absolute atomic E-state index is 13.0. The normalized spacial score (nSPS) is 18.6. The van der Waals surface area contributed by atoms with Crippen molar-refractivity contribution in [3.63, 3.8) is 0 Å². The number of benzene rings is 1. The van der Waals surface area contributed by atoms with Gasteiger partial charge in [0.05, 0.1) is 10.6 Å². The lowest BCUT2D eigenvalue weighted by molar-refractivity contribution is -0.122. The van der Waals surface area contributed by atoms with E-state index in [2.05, 4.69) is 4.99 Å². The third-order valence-electron chi connectivity index (χ3n) is 3.07. The van der Waals surface area contributed by atoms with Crippen LogP contribution >= 0.6 is 23.1 Å². The number of rotatable bonds is 3. The zero-order chi connectivity index (χ0) is 15.5. The van der Waals surface area contributed by atoms with E-state index >= 15 is 0 Å². The maximum Gasteiger partial charge on any atom is 0.266 e. The number of halogens is 1. The van der Waals surface area contributed by atoms with Gasteiger partial charge in [-0.05, 0) is 60.5 Å². The van der Waals surface area contributed by atoms with E-state index in [1.54, 1.807) is 28.4 Å². The Balaban J connectivity index is 1.91. The molecule has 0 aliphatic carbocycles. The van der Waals surface area contributed by atoms with Crippen molar-refractivity contribution in [3.05, 3.63) is 57.4 Å². The van der Waals surface area contributed by atoms with Gasteiger partial charge in [0.15, 0.2) is 5.17 Å². The van der Waals surface area contributed by atoms with Gasteiger partial charge < -0.3 is 0 Å². The van der Waals surface area contributed by atoms with Gasteiger partial charge in [-0.2, -0.15) is 0 Å². The van der Waals surface area contributed by atoms with Gasteiger partial charge in [0.25, 0.3) is 5.91 Å². The molecule has 2 heterocycles. The second-order valence-electron chi connectivity index (χ2n) is 4.55. The first-order valence-corrected chi connectivity index (χ1v) is 8.46. The summed E-state index contributed by atoms with van der Waals surface area (Å²) in [5, 5.41) is 2.60. The van der Waals surface area contributed by atoms with E-state index in [0.29, 0.717) is 22.3 Å². The molecule has 6 heteroatoms. The molecule has 0 saturated carbocycles. The molecule has 112 valence electrons. The number of thiophene rings is 1. The van der Waals surface area contributed by atoms with Gasteiger partial charge in [0.2, 0.25) is 0 Å². The fourth-order valence-electron chi connectivity index (χ4n) is 2.00. The molecule has 1 saturated heterocycles. The molecule has 22 heavy (non-hydrogen) atoms. The van der Waals surface area contributed by atoms with Crippen molar-refractivity contribution in [2.45, 2.75) is 6.92 Å². The highest BCUT2D eigenvalue weighted by Crippen LogP contribution is 2.34. The molecule has 3 nitrogen and oxygen atoms in total. The zero-order valence-electron chi connectivity index (χ0n) is 11.8. The summed E-state index contributed by atoms with van der Waals surface area (Å²) in [4.78, 5) is 20.2. The summed E-state index contributed by atoms with van der Waals surface area (Å²) in [5.41, 5.74) is 0.632. The van der Waals surface area contributed by atoms with Crippen molar-refractivity contribution >= 4 is 45.9 Å². The summed E-state index contributed by atoms with van der Waals surface area (Å²) in [6.07, 6.45) is 1.88. The lowest BCUT2D eigenvalue weighted by Gasteiger charge is -2.11. The number of aliphatic imine (C=N–C) groups is 1. The molecule has 1 amide bonds. The van der Waals surface area contributed by atoms with Gasteiger partial charge in [-0.1, -0.05) is 6.07 Å². The van der Waals surface area contributed by atoms with Crippen LogP contribution < -0.4 is 0 Å². The number of likely N-dealkylation sites (N-methyl/N-ethyl adjacent to an activating group) is 1. The molecule has 0 atom stereocenters. The Bertz CT molecular complexity index is 736. The van der Waals surface area contributed by atoms with Gasteiger partial charge in [0.1, 0.15) is 5.82 Å². The second kappa shape index (κ2) is 6.46. The van der Waals surface area contributed by atoms with Crippen molar-refractivity contribution in [1.82, 2.24) is 4.90 Å². The second-order valence-corrected chi connectivity index (χ2v) is 6.53. The van der Waals surface area contributed by atoms with Gasteiger partial charge in [0, 0.05) is 11.4 Å². The molecule has 1 aromatic heterocycles. The van der Waals surface area contributed by atoms with E-state index < -0.39 is 0 Å². The van der Waals surface area contributed by atoms with Gasteiger partial charge >= 0.3 is 0 Å². The number of carbonyl (C=O) groups excluding carboxylic acids is 1. The number of nitrogens with zero attached hydrogens (tertiary/aromatic N) is 2. The van der Waals surface area contributed by atoms with E-state index in [1.807, 2.05) is 30.5 Å². The van der Waals surface area contributed by atoms with E-state index in [-0.39, 0.29) is 11.7 Å². The summed E-state index contributed by atoms with van der Waals surface area (Å²) in [5.74, 6) is -0.341. The van der Waals surface area contributed by atoms with Crippen LogP contribution in [0, 0.1) is 5.82 Å². The van der Waals surface area contributed by atoms with E-state index in [4.69, 9.17) is 0 Å². The van der Waals surface area contributed by atoms with Gasteiger partial charge in [-0.15, -0.1) is 11.3 Å². The lowest BCUT2D eigenvalue weighted by Crippen LogP contribution is -2.28. The highest BCUT2D eigenvalue weighted by atomic mass is 32.2. The summed E-state index contributed by atoms with van der Waals surface area (Å²) < 4.78 is 13.0.